The first-order chi connectivity index (χ1) is 15.5. The van der Waals surface area contributed by atoms with Crippen LogP contribution in [0.1, 0.15) is 22.8 Å². The van der Waals surface area contributed by atoms with E-state index in [1.165, 1.54) is 40.2 Å². The highest BCUT2D eigenvalue weighted by Crippen LogP contribution is 2.25. The summed E-state index contributed by atoms with van der Waals surface area (Å²) in [5.74, 6) is -0.545. The van der Waals surface area contributed by atoms with Gasteiger partial charge in [0.15, 0.2) is 0 Å². The SMILES string of the molecule is CCc1ccc(NC(=O)c2ccc(-n3nc(Sc4ccc(F)cc4)ccc3=O)cc2)cc1. The summed E-state index contributed by atoms with van der Waals surface area (Å²) in [6, 6.07) is 23.5. The van der Waals surface area contributed by atoms with Crippen molar-refractivity contribution in [3.63, 3.8) is 0 Å². The number of carbonyl (C=O) groups is 1. The van der Waals surface area contributed by atoms with Crippen LogP contribution in [-0.2, 0) is 6.42 Å². The summed E-state index contributed by atoms with van der Waals surface area (Å²) in [4.78, 5) is 25.7. The van der Waals surface area contributed by atoms with Gasteiger partial charge in [0.25, 0.3) is 11.5 Å². The number of aromatic nitrogens is 2. The smallest absolute Gasteiger partial charge is 0.271 e. The van der Waals surface area contributed by atoms with Gasteiger partial charge in [0.2, 0.25) is 0 Å². The number of amides is 1. The second kappa shape index (κ2) is 9.62. The molecule has 0 bridgehead atoms. The lowest BCUT2D eigenvalue weighted by atomic mass is 10.1. The van der Waals surface area contributed by atoms with Crippen molar-refractivity contribution in [3.8, 4) is 5.69 Å². The maximum Gasteiger partial charge on any atom is 0.271 e. The summed E-state index contributed by atoms with van der Waals surface area (Å²) in [6.07, 6.45) is 0.937. The van der Waals surface area contributed by atoms with E-state index >= 15 is 0 Å². The van der Waals surface area contributed by atoms with Crippen LogP contribution >= 0.6 is 11.8 Å². The third-order valence-electron chi connectivity index (χ3n) is 4.81. The minimum Gasteiger partial charge on any atom is -0.322 e. The first kappa shape index (κ1) is 21.5. The lowest BCUT2D eigenvalue weighted by Gasteiger charge is -2.09. The van der Waals surface area contributed by atoms with Crippen LogP contribution in [-0.4, -0.2) is 15.7 Å². The molecule has 160 valence electrons. The third-order valence-corrected chi connectivity index (χ3v) is 5.74. The highest BCUT2D eigenvalue weighted by atomic mass is 32.2. The van der Waals surface area contributed by atoms with Crippen LogP contribution in [0.25, 0.3) is 5.69 Å². The predicted octanol–water partition coefficient (Wildman–Crippen LogP) is 5.34. The summed E-state index contributed by atoms with van der Waals surface area (Å²) >= 11 is 1.32. The summed E-state index contributed by atoms with van der Waals surface area (Å²) in [5.41, 5.74) is 2.64. The van der Waals surface area contributed by atoms with Crippen molar-refractivity contribution in [1.82, 2.24) is 9.78 Å². The molecule has 0 aliphatic rings. The number of aryl methyl sites for hydroxylation is 1. The molecule has 3 aromatic carbocycles. The van der Waals surface area contributed by atoms with Gasteiger partial charge in [-0.05, 0) is 78.7 Å². The van der Waals surface area contributed by atoms with E-state index in [1.807, 2.05) is 24.3 Å². The van der Waals surface area contributed by atoms with Gasteiger partial charge < -0.3 is 5.32 Å². The minimum atomic E-state index is -0.311. The van der Waals surface area contributed by atoms with E-state index in [4.69, 9.17) is 0 Å². The topological polar surface area (TPSA) is 64.0 Å². The van der Waals surface area contributed by atoms with Crippen molar-refractivity contribution >= 4 is 23.4 Å². The summed E-state index contributed by atoms with van der Waals surface area (Å²) in [5, 5.41) is 7.85. The molecule has 0 radical (unpaired) electrons. The van der Waals surface area contributed by atoms with E-state index < -0.39 is 0 Å². The van der Waals surface area contributed by atoms with E-state index in [2.05, 4.69) is 17.3 Å². The number of nitrogens with one attached hydrogen (secondary N) is 1. The fourth-order valence-electron chi connectivity index (χ4n) is 3.04. The number of anilines is 1. The molecule has 32 heavy (non-hydrogen) atoms. The maximum absolute atomic E-state index is 13.1. The fraction of sp³-hybridized carbons (Fsp3) is 0.0800. The molecule has 0 spiro atoms. The zero-order chi connectivity index (χ0) is 22.5. The van der Waals surface area contributed by atoms with Gasteiger partial charge in [-0.25, -0.2) is 4.39 Å². The van der Waals surface area contributed by atoms with Crippen LogP contribution in [0.2, 0.25) is 0 Å². The van der Waals surface area contributed by atoms with Crippen molar-refractivity contribution in [2.24, 2.45) is 0 Å². The van der Waals surface area contributed by atoms with E-state index in [9.17, 15) is 14.0 Å². The van der Waals surface area contributed by atoms with Gasteiger partial charge in [0.1, 0.15) is 10.8 Å². The van der Waals surface area contributed by atoms with Gasteiger partial charge in [0.05, 0.1) is 5.69 Å². The standard InChI is InChI=1S/C25H20FN3O2S/c1-2-17-3-9-20(10-4-17)27-25(31)18-5-11-21(12-6-18)29-24(30)16-15-23(28-29)32-22-13-7-19(26)8-14-22/h3-16H,2H2,1H3,(H,27,31). The van der Waals surface area contributed by atoms with Crippen LogP contribution in [0.4, 0.5) is 10.1 Å². The van der Waals surface area contributed by atoms with Crippen LogP contribution in [0, 0.1) is 5.82 Å². The molecule has 0 saturated carbocycles. The van der Waals surface area contributed by atoms with Crippen molar-refractivity contribution in [1.29, 1.82) is 0 Å². The van der Waals surface area contributed by atoms with E-state index in [0.29, 0.717) is 16.3 Å². The van der Waals surface area contributed by atoms with Gasteiger partial charge >= 0.3 is 0 Å². The molecule has 0 atom stereocenters. The summed E-state index contributed by atoms with van der Waals surface area (Å²) < 4.78 is 14.4. The van der Waals surface area contributed by atoms with Crippen molar-refractivity contribution in [2.75, 3.05) is 5.32 Å². The number of hydrogen-bond acceptors (Lipinski definition) is 4. The Kier molecular flexibility index (Phi) is 6.47. The molecule has 5 nitrogen and oxygen atoms in total. The zero-order valence-corrected chi connectivity index (χ0v) is 18.1. The Balaban J connectivity index is 1.50. The normalized spacial score (nSPS) is 10.7. The summed E-state index contributed by atoms with van der Waals surface area (Å²) in [6.45, 7) is 2.08. The second-order valence-electron chi connectivity index (χ2n) is 7.03. The highest BCUT2D eigenvalue weighted by Gasteiger charge is 2.09. The largest absolute Gasteiger partial charge is 0.322 e. The van der Waals surface area contributed by atoms with Crippen LogP contribution in [0.15, 0.2) is 99.6 Å². The van der Waals surface area contributed by atoms with E-state index in [0.717, 1.165) is 17.0 Å². The molecule has 0 aliphatic carbocycles. The van der Waals surface area contributed by atoms with Crippen LogP contribution in [0.5, 0.6) is 0 Å². The first-order valence-electron chi connectivity index (χ1n) is 10.1. The van der Waals surface area contributed by atoms with Gasteiger partial charge in [-0.15, -0.1) is 0 Å². The average molecular weight is 446 g/mol. The average Bonchev–Trinajstić information content (AvgIpc) is 2.82. The monoisotopic (exact) mass is 445 g/mol. The molecule has 4 rings (SSSR count). The van der Waals surface area contributed by atoms with Gasteiger partial charge in [-0.1, -0.05) is 30.8 Å². The number of benzene rings is 3. The number of nitrogens with zero attached hydrogens (tertiary/aromatic N) is 2. The lowest BCUT2D eigenvalue weighted by Crippen LogP contribution is -2.20. The maximum atomic E-state index is 13.1. The quantitative estimate of drug-likeness (QED) is 0.435. The number of rotatable bonds is 6. The van der Waals surface area contributed by atoms with Crippen LogP contribution < -0.4 is 10.9 Å². The van der Waals surface area contributed by atoms with Crippen LogP contribution in [0.3, 0.4) is 0 Å². The van der Waals surface area contributed by atoms with Crippen molar-refractivity contribution < 1.29 is 9.18 Å². The molecule has 1 aromatic heterocycles. The molecule has 4 aromatic rings. The molecular formula is C25H20FN3O2S. The molecule has 1 N–H and O–H groups in total. The molecule has 1 amide bonds. The Hall–Kier alpha value is -3.71. The second-order valence-corrected chi connectivity index (χ2v) is 8.12. The van der Waals surface area contributed by atoms with E-state index in [1.54, 1.807) is 42.5 Å². The van der Waals surface area contributed by atoms with Crippen molar-refractivity contribution in [3.05, 3.63) is 112 Å². The Morgan fingerprint density at radius 3 is 2.28 bits per heavy atom. The van der Waals surface area contributed by atoms with Gasteiger partial charge in [-0.2, -0.15) is 9.78 Å². The van der Waals surface area contributed by atoms with Crippen molar-refractivity contribution in [2.45, 2.75) is 23.3 Å². The summed E-state index contributed by atoms with van der Waals surface area (Å²) in [7, 11) is 0. The molecular weight excluding hydrogens is 425 g/mol. The number of hydrogen-bond donors (Lipinski definition) is 1. The molecule has 7 heteroatoms. The first-order valence-corrected chi connectivity index (χ1v) is 10.9. The lowest BCUT2D eigenvalue weighted by molar-refractivity contribution is 0.102. The molecule has 0 fully saturated rings. The van der Waals surface area contributed by atoms with E-state index in [-0.39, 0.29) is 17.3 Å². The van der Waals surface area contributed by atoms with Gasteiger partial charge in [-0.3, -0.25) is 9.59 Å². The molecule has 1 heterocycles. The Bertz CT molecular complexity index is 1280. The molecule has 0 saturated heterocycles. The highest BCUT2D eigenvalue weighted by molar-refractivity contribution is 7.99. The number of carbonyl (C=O) groups excluding carboxylic acids is 1. The predicted molar refractivity (Wildman–Crippen MR) is 124 cm³/mol. The Morgan fingerprint density at radius 1 is 0.938 bits per heavy atom. The Morgan fingerprint density at radius 2 is 1.62 bits per heavy atom. The third kappa shape index (κ3) is 5.12. The Labute approximate surface area is 188 Å². The van der Waals surface area contributed by atoms with Gasteiger partial charge in [0, 0.05) is 22.2 Å². The fourth-order valence-corrected chi connectivity index (χ4v) is 3.81. The number of halogens is 1. The minimum absolute atomic E-state index is 0.235. The molecule has 0 unspecified atom stereocenters. The molecule has 0 aliphatic heterocycles. The zero-order valence-electron chi connectivity index (χ0n) is 17.3.